The highest BCUT2D eigenvalue weighted by Crippen LogP contribution is 2.11. The Hall–Kier alpha value is -1.36. The lowest BCUT2D eigenvalue weighted by Crippen LogP contribution is -2.31. The summed E-state index contributed by atoms with van der Waals surface area (Å²) in [5.74, 6) is -1.70. The summed E-state index contributed by atoms with van der Waals surface area (Å²) in [6, 6.07) is 7.93. The molecule has 0 saturated heterocycles. The van der Waals surface area contributed by atoms with Crippen molar-refractivity contribution >= 4 is 27.8 Å². The van der Waals surface area contributed by atoms with Crippen LogP contribution in [-0.4, -0.2) is 35.5 Å². The van der Waals surface area contributed by atoms with Crippen LogP contribution in [0.15, 0.2) is 28.7 Å². The molecule has 0 fully saturated rings. The minimum atomic E-state index is -0.936. The molecule has 0 aliphatic heterocycles. The molecule has 5 heteroatoms. The fraction of sp³-hybridized carbons (Fsp3) is 0.429. The van der Waals surface area contributed by atoms with Gasteiger partial charge in [0.1, 0.15) is 0 Å². The third-order valence-corrected chi connectivity index (χ3v) is 3.51. The van der Waals surface area contributed by atoms with Crippen LogP contribution >= 0.6 is 15.9 Å². The van der Waals surface area contributed by atoms with E-state index in [0.717, 1.165) is 16.5 Å². The standard InChI is InChI=1S/C14H18BrNO3/c1-10(14(18)19)9-13(17)16(2)8-7-11-3-5-12(15)6-4-11/h3-6,10H,7-9H2,1-2H3,(H,18,19). The summed E-state index contributed by atoms with van der Waals surface area (Å²) in [7, 11) is 1.70. The Morgan fingerprint density at radius 1 is 1.32 bits per heavy atom. The Balaban J connectivity index is 2.42. The van der Waals surface area contributed by atoms with Crippen molar-refractivity contribution < 1.29 is 14.7 Å². The van der Waals surface area contributed by atoms with Gasteiger partial charge in [-0.1, -0.05) is 35.0 Å². The molecule has 0 aliphatic carbocycles. The normalized spacial score (nSPS) is 11.9. The summed E-state index contributed by atoms with van der Waals surface area (Å²) < 4.78 is 1.02. The van der Waals surface area contributed by atoms with Gasteiger partial charge in [0.2, 0.25) is 5.91 Å². The molecule has 0 radical (unpaired) electrons. The minimum absolute atomic E-state index is 0.0478. The fourth-order valence-corrected chi connectivity index (χ4v) is 1.84. The molecule has 0 aliphatic rings. The smallest absolute Gasteiger partial charge is 0.306 e. The average molecular weight is 328 g/mol. The third-order valence-electron chi connectivity index (χ3n) is 2.98. The number of benzene rings is 1. The van der Waals surface area contributed by atoms with E-state index < -0.39 is 11.9 Å². The molecule has 0 bridgehead atoms. The van der Waals surface area contributed by atoms with E-state index >= 15 is 0 Å². The van der Waals surface area contributed by atoms with Crippen LogP contribution in [0, 0.1) is 5.92 Å². The maximum Gasteiger partial charge on any atom is 0.306 e. The molecule has 0 aromatic heterocycles. The van der Waals surface area contributed by atoms with Crippen molar-refractivity contribution in [1.82, 2.24) is 4.90 Å². The summed E-state index contributed by atoms with van der Waals surface area (Å²) in [5, 5.41) is 8.77. The van der Waals surface area contributed by atoms with Crippen molar-refractivity contribution in [3.63, 3.8) is 0 Å². The van der Waals surface area contributed by atoms with E-state index in [1.807, 2.05) is 24.3 Å². The van der Waals surface area contributed by atoms with Gasteiger partial charge >= 0.3 is 5.97 Å². The van der Waals surface area contributed by atoms with Crippen molar-refractivity contribution in [1.29, 1.82) is 0 Å². The number of carboxylic acid groups (broad SMARTS) is 1. The minimum Gasteiger partial charge on any atom is -0.481 e. The van der Waals surface area contributed by atoms with Crippen LogP contribution < -0.4 is 0 Å². The van der Waals surface area contributed by atoms with Crippen LogP contribution in [0.25, 0.3) is 0 Å². The zero-order chi connectivity index (χ0) is 14.4. The topological polar surface area (TPSA) is 57.6 Å². The van der Waals surface area contributed by atoms with Gasteiger partial charge < -0.3 is 10.0 Å². The lowest BCUT2D eigenvalue weighted by Gasteiger charge is -2.18. The highest BCUT2D eigenvalue weighted by Gasteiger charge is 2.18. The Morgan fingerprint density at radius 3 is 2.42 bits per heavy atom. The summed E-state index contributed by atoms with van der Waals surface area (Å²) in [6.07, 6.45) is 0.809. The van der Waals surface area contributed by atoms with E-state index in [2.05, 4.69) is 15.9 Å². The molecule has 19 heavy (non-hydrogen) atoms. The van der Waals surface area contributed by atoms with Gasteiger partial charge in [0.25, 0.3) is 0 Å². The van der Waals surface area contributed by atoms with Crippen molar-refractivity contribution in [3.8, 4) is 0 Å². The zero-order valence-electron chi connectivity index (χ0n) is 11.1. The Bertz CT molecular complexity index is 445. The van der Waals surface area contributed by atoms with Gasteiger partial charge in [-0.25, -0.2) is 0 Å². The molecule has 1 amide bonds. The molecule has 1 rings (SSSR count). The number of hydrogen-bond acceptors (Lipinski definition) is 2. The van der Waals surface area contributed by atoms with E-state index in [1.54, 1.807) is 18.9 Å². The second-order valence-corrected chi connectivity index (χ2v) is 5.55. The number of nitrogens with zero attached hydrogens (tertiary/aromatic N) is 1. The molecule has 4 nitrogen and oxygen atoms in total. The third kappa shape index (κ3) is 5.42. The van der Waals surface area contributed by atoms with Gasteiger partial charge in [0, 0.05) is 24.5 Å². The first kappa shape index (κ1) is 15.7. The molecule has 1 atom stereocenters. The van der Waals surface area contributed by atoms with Crippen molar-refractivity contribution in [2.45, 2.75) is 19.8 Å². The molecule has 1 N–H and O–H groups in total. The summed E-state index contributed by atoms with van der Waals surface area (Å²) in [5.41, 5.74) is 1.15. The van der Waals surface area contributed by atoms with Crippen molar-refractivity contribution in [2.75, 3.05) is 13.6 Å². The quantitative estimate of drug-likeness (QED) is 0.873. The van der Waals surface area contributed by atoms with Gasteiger partial charge in [-0.2, -0.15) is 0 Å². The van der Waals surface area contributed by atoms with Gasteiger partial charge in [0.15, 0.2) is 0 Å². The molecular formula is C14H18BrNO3. The Kier molecular flexibility index (Phi) is 6.02. The van der Waals surface area contributed by atoms with E-state index in [1.165, 1.54) is 0 Å². The van der Waals surface area contributed by atoms with E-state index in [0.29, 0.717) is 6.54 Å². The molecule has 104 valence electrons. The number of likely N-dealkylation sites (N-methyl/N-ethyl adjacent to an activating group) is 1. The summed E-state index contributed by atoms with van der Waals surface area (Å²) >= 11 is 3.37. The first-order valence-corrected chi connectivity index (χ1v) is 6.90. The average Bonchev–Trinajstić information content (AvgIpc) is 2.37. The second-order valence-electron chi connectivity index (χ2n) is 4.64. The molecule has 0 spiro atoms. The number of hydrogen-bond donors (Lipinski definition) is 1. The summed E-state index contributed by atoms with van der Waals surface area (Å²) in [6.45, 7) is 2.13. The Labute approximate surface area is 121 Å². The molecule has 1 unspecified atom stereocenters. The highest BCUT2D eigenvalue weighted by molar-refractivity contribution is 9.10. The summed E-state index contributed by atoms with van der Waals surface area (Å²) in [4.78, 5) is 24.1. The number of aliphatic carboxylic acids is 1. The van der Waals surface area contributed by atoms with Crippen LogP contribution in [0.1, 0.15) is 18.9 Å². The molecule has 0 saturated carbocycles. The van der Waals surface area contributed by atoms with Crippen molar-refractivity contribution in [2.24, 2.45) is 5.92 Å². The van der Waals surface area contributed by atoms with Crippen LogP contribution in [0.4, 0.5) is 0 Å². The van der Waals surface area contributed by atoms with Gasteiger partial charge in [-0.15, -0.1) is 0 Å². The SMILES string of the molecule is CC(CC(=O)N(C)CCc1ccc(Br)cc1)C(=O)O. The number of carboxylic acids is 1. The van der Waals surface area contributed by atoms with Crippen LogP contribution in [0.5, 0.6) is 0 Å². The lowest BCUT2D eigenvalue weighted by atomic mass is 10.1. The molecule has 1 aromatic carbocycles. The largest absolute Gasteiger partial charge is 0.481 e. The predicted octanol–water partition coefficient (Wildman–Crippen LogP) is 2.56. The van der Waals surface area contributed by atoms with E-state index in [4.69, 9.17) is 5.11 Å². The maximum absolute atomic E-state index is 11.8. The van der Waals surface area contributed by atoms with Gasteiger partial charge in [-0.05, 0) is 24.1 Å². The van der Waals surface area contributed by atoms with Crippen LogP contribution in [-0.2, 0) is 16.0 Å². The molecule has 1 aromatic rings. The number of halogens is 1. The van der Waals surface area contributed by atoms with Gasteiger partial charge in [0.05, 0.1) is 5.92 Å². The van der Waals surface area contributed by atoms with E-state index in [9.17, 15) is 9.59 Å². The zero-order valence-corrected chi connectivity index (χ0v) is 12.7. The molecule has 0 heterocycles. The van der Waals surface area contributed by atoms with E-state index in [-0.39, 0.29) is 12.3 Å². The number of carbonyl (C=O) groups is 2. The number of amides is 1. The fourth-order valence-electron chi connectivity index (χ4n) is 1.58. The van der Waals surface area contributed by atoms with Crippen LogP contribution in [0.2, 0.25) is 0 Å². The Morgan fingerprint density at radius 2 is 1.89 bits per heavy atom. The lowest BCUT2D eigenvalue weighted by molar-refractivity contribution is -0.144. The first-order chi connectivity index (χ1) is 8.90. The second kappa shape index (κ2) is 7.28. The van der Waals surface area contributed by atoms with Crippen LogP contribution in [0.3, 0.4) is 0 Å². The predicted molar refractivity (Wildman–Crippen MR) is 76.9 cm³/mol. The number of carbonyl (C=O) groups excluding carboxylic acids is 1. The highest BCUT2D eigenvalue weighted by atomic mass is 79.9. The van der Waals surface area contributed by atoms with Crippen molar-refractivity contribution in [3.05, 3.63) is 34.3 Å². The number of rotatable bonds is 6. The first-order valence-electron chi connectivity index (χ1n) is 6.11. The monoisotopic (exact) mass is 327 g/mol. The van der Waals surface area contributed by atoms with Gasteiger partial charge in [-0.3, -0.25) is 9.59 Å². The maximum atomic E-state index is 11.8. The molecular weight excluding hydrogens is 310 g/mol.